The van der Waals surface area contributed by atoms with Crippen LogP contribution in [0.5, 0.6) is 0 Å². The number of nitrogens with two attached hydrogens (primary N) is 1. The average molecular weight is 227 g/mol. The Kier molecular flexibility index (Phi) is 3.97. The van der Waals surface area contributed by atoms with Crippen LogP contribution in [0.2, 0.25) is 0 Å². The lowest BCUT2D eigenvalue weighted by atomic mass is 10.1. The van der Waals surface area contributed by atoms with Gasteiger partial charge in [-0.25, -0.2) is 4.68 Å². The maximum absolute atomic E-state index is 11.4. The standard InChI is InChI=1S/C9H17N5O2/c1-9(2,16)6-11-8(15)5-14-4-7(3-10)12-13-14/h4,16H,3,5-6,10H2,1-2H3,(H,11,15). The first-order valence-corrected chi connectivity index (χ1v) is 4.99. The molecule has 4 N–H and O–H groups in total. The number of carbonyl (C=O) groups excluding carboxylic acids is 1. The second kappa shape index (κ2) is 5.04. The van der Waals surface area contributed by atoms with Gasteiger partial charge in [-0.05, 0) is 13.8 Å². The van der Waals surface area contributed by atoms with Crippen molar-refractivity contribution in [1.82, 2.24) is 20.3 Å². The van der Waals surface area contributed by atoms with Crippen molar-refractivity contribution in [3.8, 4) is 0 Å². The smallest absolute Gasteiger partial charge is 0.241 e. The van der Waals surface area contributed by atoms with Crippen molar-refractivity contribution in [3.05, 3.63) is 11.9 Å². The van der Waals surface area contributed by atoms with Gasteiger partial charge in [0.1, 0.15) is 6.54 Å². The van der Waals surface area contributed by atoms with Gasteiger partial charge in [0.25, 0.3) is 0 Å². The molecule has 0 aliphatic heterocycles. The minimum absolute atomic E-state index is 0.0725. The summed E-state index contributed by atoms with van der Waals surface area (Å²) in [4.78, 5) is 11.4. The highest BCUT2D eigenvalue weighted by Crippen LogP contribution is 1.97. The summed E-state index contributed by atoms with van der Waals surface area (Å²) in [5, 5.41) is 19.5. The molecule has 0 aromatic carbocycles. The van der Waals surface area contributed by atoms with Crippen LogP contribution in [0.4, 0.5) is 0 Å². The lowest BCUT2D eigenvalue weighted by molar-refractivity contribution is -0.122. The normalized spacial score (nSPS) is 11.5. The van der Waals surface area contributed by atoms with Crippen LogP contribution < -0.4 is 11.1 Å². The fourth-order valence-corrected chi connectivity index (χ4v) is 1.03. The molecular weight excluding hydrogens is 210 g/mol. The van der Waals surface area contributed by atoms with Crippen LogP contribution in [-0.2, 0) is 17.9 Å². The number of nitrogens with one attached hydrogen (secondary N) is 1. The van der Waals surface area contributed by atoms with Crippen LogP contribution in [0.1, 0.15) is 19.5 Å². The third-order valence-electron chi connectivity index (χ3n) is 1.82. The van der Waals surface area contributed by atoms with Gasteiger partial charge >= 0.3 is 0 Å². The predicted octanol–water partition coefficient (Wildman–Crippen LogP) is -1.38. The molecule has 7 nitrogen and oxygen atoms in total. The molecule has 1 aromatic rings. The number of rotatable bonds is 5. The summed E-state index contributed by atoms with van der Waals surface area (Å²) in [5.74, 6) is -0.226. The van der Waals surface area contributed by atoms with Gasteiger partial charge in [-0.3, -0.25) is 4.79 Å². The zero-order valence-corrected chi connectivity index (χ0v) is 9.47. The van der Waals surface area contributed by atoms with Crippen molar-refractivity contribution in [1.29, 1.82) is 0 Å². The molecule has 1 amide bonds. The van der Waals surface area contributed by atoms with E-state index >= 15 is 0 Å². The highest BCUT2D eigenvalue weighted by molar-refractivity contribution is 5.75. The molecule has 0 aliphatic rings. The van der Waals surface area contributed by atoms with Crippen LogP contribution >= 0.6 is 0 Å². The summed E-state index contributed by atoms with van der Waals surface area (Å²) in [5.41, 5.74) is 5.08. The van der Waals surface area contributed by atoms with Crippen molar-refractivity contribution in [2.75, 3.05) is 6.54 Å². The first kappa shape index (κ1) is 12.6. The quantitative estimate of drug-likeness (QED) is 0.575. The Balaban J connectivity index is 2.40. The molecule has 1 heterocycles. The molecule has 0 saturated heterocycles. The van der Waals surface area contributed by atoms with E-state index in [-0.39, 0.29) is 19.0 Å². The molecule has 7 heteroatoms. The number of hydrogen-bond acceptors (Lipinski definition) is 5. The number of nitrogens with zero attached hydrogens (tertiary/aromatic N) is 3. The van der Waals surface area contributed by atoms with E-state index in [0.717, 1.165) is 0 Å². The van der Waals surface area contributed by atoms with E-state index in [2.05, 4.69) is 15.6 Å². The van der Waals surface area contributed by atoms with E-state index in [1.54, 1.807) is 20.0 Å². The highest BCUT2D eigenvalue weighted by Gasteiger charge is 2.14. The first-order chi connectivity index (χ1) is 7.40. The molecule has 1 aromatic heterocycles. The molecule has 16 heavy (non-hydrogen) atoms. The molecule has 0 radical (unpaired) electrons. The molecule has 0 bridgehead atoms. The molecule has 0 atom stereocenters. The Hall–Kier alpha value is -1.47. The Morgan fingerprint density at radius 2 is 2.38 bits per heavy atom. The molecule has 0 fully saturated rings. The summed E-state index contributed by atoms with van der Waals surface area (Å²) in [6.45, 7) is 3.81. The van der Waals surface area contributed by atoms with Gasteiger partial charge in [0.15, 0.2) is 0 Å². The third-order valence-corrected chi connectivity index (χ3v) is 1.82. The van der Waals surface area contributed by atoms with Gasteiger partial charge in [0.05, 0.1) is 17.5 Å². The summed E-state index contributed by atoms with van der Waals surface area (Å²) >= 11 is 0. The van der Waals surface area contributed by atoms with Crippen molar-refractivity contribution < 1.29 is 9.90 Å². The fourth-order valence-electron chi connectivity index (χ4n) is 1.03. The lowest BCUT2D eigenvalue weighted by Crippen LogP contribution is -2.39. The van der Waals surface area contributed by atoms with Crippen LogP contribution in [0.15, 0.2) is 6.20 Å². The van der Waals surface area contributed by atoms with Crippen molar-refractivity contribution in [2.45, 2.75) is 32.5 Å². The van der Waals surface area contributed by atoms with E-state index < -0.39 is 5.60 Å². The van der Waals surface area contributed by atoms with E-state index in [1.165, 1.54) is 4.68 Å². The van der Waals surface area contributed by atoms with Gasteiger partial charge in [-0.2, -0.15) is 0 Å². The van der Waals surface area contributed by atoms with Gasteiger partial charge in [0.2, 0.25) is 5.91 Å². The topological polar surface area (TPSA) is 106 Å². The Morgan fingerprint density at radius 1 is 1.69 bits per heavy atom. The summed E-state index contributed by atoms with van der Waals surface area (Å²) in [6, 6.07) is 0. The average Bonchev–Trinajstić information content (AvgIpc) is 2.61. The number of hydrogen-bond donors (Lipinski definition) is 3. The van der Waals surface area contributed by atoms with Gasteiger partial charge in [-0.1, -0.05) is 5.21 Å². The van der Waals surface area contributed by atoms with Crippen molar-refractivity contribution >= 4 is 5.91 Å². The first-order valence-electron chi connectivity index (χ1n) is 4.99. The fraction of sp³-hybridized carbons (Fsp3) is 0.667. The van der Waals surface area contributed by atoms with Crippen LogP contribution in [0, 0.1) is 0 Å². The van der Waals surface area contributed by atoms with Gasteiger partial charge in [-0.15, -0.1) is 5.10 Å². The molecule has 0 unspecified atom stereocenters. The molecule has 0 spiro atoms. The van der Waals surface area contributed by atoms with E-state index in [0.29, 0.717) is 12.2 Å². The zero-order valence-electron chi connectivity index (χ0n) is 9.47. The number of aliphatic hydroxyl groups is 1. The molecule has 0 saturated carbocycles. The SMILES string of the molecule is CC(C)(O)CNC(=O)Cn1cc(CN)nn1. The Bertz CT molecular complexity index is 355. The van der Waals surface area contributed by atoms with Gasteiger partial charge in [0, 0.05) is 13.1 Å². The maximum Gasteiger partial charge on any atom is 0.241 e. The van der Waals surface area contributed by atoms with Crippen molar-refractivity contribution in [2.24, 2.45) is 5.73 Å². The van der Waals surface area contributed by atoms with Crippen LogP contribution in [-0.4, -0.2) is 38.2 Å². The minimum Gasteiger partial charge on any atom is -0.389 e. The predicted molar refractivity (Wildman–Crippen MR) is 57.2 cm³/mol. The minimum atomic E-state index is -0.916. The van der Waals surface area contributed by atoms with Crippen LogP contribution in [0.25, 0.3) is 0 Å². The molecule has 0 aliphatic carbocycles. The van der Waals surface area contributed by atoms with E-state index in [1.807, 2.05) is 0 Å². The Labute approximate surface area is 93.6 Å². The Morgan fingerprint density at radius 3 is 2.88 bits per heavy atom. The molecule has 90 valence electrons. The van der Waals surface area contributed by atoms with Crippen molar-refractivity contribution in [3.63, 3.8) is 0 Å². The monoisotopic (exact) mass is 227 g/mol. The molecule has 1 rings (SSSR count). The second-order valence-electron chi connectivity index (χ2n) is 4.20. The second-order valence-corrected chi connectivity index (χ2v) is 4.20. The molecular formula is C9H17N5O2. The largest absolute Gasteiger partial charge is 0.389 e. The zero-order chi connectivity index (χ0) is 12.2. The number of aromatic nitrogens is 3. The number of amides is 1. The van der Waals surface area contributed by atoms with Crippen LogP contribution in [0.3, 0.4) is 0 Å². The van der Waals surface area contributed by atoms with E-state index in [4.69, 9.17) is 5.73 Å². The maximum atomic E-state index is 11.4. The van der Waals surface area contributed by atoms with Gasteiger partial charge < -0.3 is 16.2 Å². The summed E-state index contributed by atoms with van der Waals surface area (Å²) in [6.07, 6.45) is 1.61. The number of carbonyl (C=O) groups is 1. The lowest BCUT2D eigenvalue weighted by Gasteiger charge is -2.17. The summed E-state index contributed by atoms with van der Waals surface area (Å²) < 4.78 is 1.40. The summed E-state index contributed by atoms with van der Waals surface area (Å²) in [7, 11) is 0. The van der Waals surface area contributed by atoms with E-state index in [9.17, 15) is 9.90 Å². The third kappa shape index (κ3) is 4.37. The highest BCUT2D eigenvalue weighted by atomic mass is 16.3.